The third-order valence-electron chi connectivity index (χ3n) is 4.28. The highest BCUT2D eigenvalue weighted by Crippen LogP contribution is 2.28. The van der Waals surface area contributed by atoms with Gasteiger partial charge in [-0.2, -0.15) is 0 Å². The van der Waals surface area contributed by atoms with Gasteiger partial charge in [-0.15, -0.1) is 0 Å². The maximum absolute atomic E-state index is 12.2. The Morgan fingerprint density at radius 1 is 0.767 bits per heavy atom. The second kappa shape index (κ2) is 9.93. The molecule has 0 saturated heterocycles. The van der Waals surface area contributed by atoms with Crippen LogP contribution in [-0.2, 0) is 4.79 Å². The Kier molecular flexibility index (Phi) is 6.84. The molecule has 0 spiro atoms. The minimum Gasteiger partial charge on any atom is -0.493 e. The molecular formula is C24H22N2O4. The van der Waals surface area contributed by atoms with Gasteiger partial charge in [0, 0.05) is 23.0 Å². The number of carbonyl (C=O) groups is 2. The highest BCUT2D eigenvalue weighted by Gasteiger charge is 2.06. The summed E-state index contributed by atoms with van der Waals surface area (Å²) in [5, 5.41) is 5.60. The van der Waals surface area contributed by atoms with Crippen LogP contribution in [0.5, 0.6) is 11.5 Å². The molecule has 2 amide bonds. The van der Waals surface area contributed by atoms with Gasteiger partial charge in [0.05, 0.1) is 14.2 Å². The van der Waals surface area contributed by atoms with Crippen molar-refractivity contribution in [2.75, 3.05) is 24.9 Å². The van der Waals surface area contributed by atoms with Crippen LogP contribution in [-0.4, -0.2) is 26.0 Å². The summed E-state index contributed by atoms with van der Waals surface area (Å²) in [7, 11) is 3.13. The summed E-state index contributed by atoms with van der Waals surface area (Å²) in [6.45, 7) is 0. The molecule has 0 saturated carbocycles. The summed E-state index contributed by atoms with van der Waals surface area (Å²) in [6.07, 6.45) is 3.12. The maximum atomic E-state index is 12.2. The number of hydrogen-bond acceptors (Lipinski definition) is 4. The van der Waals surface area contributed by atoms with Gasteiger partial charge in [-0.3, -0.25) is 9.59 Å². The van der Waals surface area contributed by atoms with E-state index in [1.165, 1.54) is 6.08 Å². The lowest BCUT2D eigenvalue weighted by molar-refractivity contribution is -0.111. The van der Waals surface area contributed by atoms with Crippen LogP contribution < -0.4 is 20.1 Å². The van der Waals surface area contributed by atoms with Gasteiger partial charge >= 0.3 is 0 Å². The topological polar surface area (TPSA) is 76.7 Å². The van der Waals surface area contributed by atoms with Crippen molar-refractivity contribution in [1.82, 2.24) is 0 Å². The van der Waals surface area contributed by atoms with Crippen molar-refractivity contribution in [1.29, 1.82) is 0 Å². The minimum absolute atomic E-state index is 0.190. The van der Waals surface area contributed by atoms with Gasteiger partial charge in [0.2, 0.25) is 5.91 Å². The molecule has 30 heavy (non-hydrogen) atoms. The van der Waals surface area contributed by atoms with E-state index in [-0.39, 0.29) is 11.8 Å². The van der Waals surface area contributed by atoms with Crippen molar-refractivity contribution in [3.63, 3.8) is 0 Å². The Morgan fingerprint density at radius 2 is 1.40 bits per heavy atom. The van der Waals surface area contributed by atoms with Crippen molar-refractivity contribution in [3.05, 3.63) is 90.0 Å². The molecule has 2 N–H and O–H groups in total. The number of anilines is 2. The van der Waals surface area contributed by atoms with Crippen LogP contribution in [0.25, 0.3) is 6.08 Å². The molecule has 0 aliphatic rings. The molecule has 3 rings (SSSR count). The molecule has 0 radical (unpaired) electrons. The van der Waals surface area contributed by atoms with Gasteiger partial charge in [-0.25, -0.2) is 0 Å². The molecule has 0 fully saturated rings. The quantitative estimate of drug-likeness (QED) is 0.566. The lowest BCUT2D eigenvalue weighted by Crippen LogP contribution is -2.12. The predicted molar refractivity (Wildman–Crippen MR) is 118 cm³/mol. The Balaban J connectivity index is 1.58. The summed E-state index contributed by atoms with van der Waals surface area (Å²) >= 11 is 0. The molecule has 0 atom stereocenters. The molecule has 6 nitrogen and oxygen atoms in total. The summed E-state index contributed by atoms with van der Waals surface area (Å²) in [6, 6.07) is 21.3. The molecular weight excluding hydrogens is 380 g/mol. The lowest BCUT2D eigenvalue weighted by Gasteiger charge is -2.08. The van der Waals surface area contributed by atoms with Crippen molar-refractivity contribution < 1.29 is 19.1 Å². The van der Waals surface area contributed by atoms with Crippen molar-refractivity contribution in [2.24, 2.45) is 0 Å². The fourth-order valence-electron chi connectivity index (χ4n) is 2.74. The van der Waals surface area contributed by atoms with E-state index in [1.807, 2.05) is 24.3 Å². The van der Waals surface area contributed by atoms with Crippen molar-refractivity contribution in [3.8, 4) is 11.5 Å². The van der Waals surface area contributed by atoms with E-state index >= 15 is 0 Å². The number of rotatable bonds is 7. The lowest BCUT2D eigenvalue weighted by atomic mass is 10.2. The molecule has 0 aliphatic heterocycles. The van der Waals surface area contributed by atoms with Gasteiger partial charge in [-0.1, -0.05) is 24.3 Å². The first-order valence-corrected chi connectivity index (χ1v) is 9.26. The standard InChI is InChI=1S/C24H22N2O4/c1-29-21-14-8-17(16-22(21)30-2)9-15-23(27)25-19-10-12-20(13-11-19)26-24(28)18-6-4-3-5-7-18/h3-16H,1-2H3,(H,25,27)(H,26,28)/b15-9+. The van der Waals surface area contributed by atoms with Gasteiger partial charge in [0.15, 0.2) is 11.5 Å². The number of ether oxygens (including phenoxy) is 2. The first-order chi connectivity index (χ1) is 14.6. The number of carbonyl (C=O) groups excluding carboxylic acids is 2. The number of nitrogens with one attached hydrogen (secondary N) is 2. The molecule has 0 bridgehead atoms. The van der Waals surface area contributed by atoms with Gasteiger partial charge in [-0.05, 0) is 60.2 Å². The van der Waals surface area contributed by atoms with E-state index in [9.17, 15) is 9.59 Å². The normalized spacial score (nSPS) is 10.5. The molecule has 0 unspecified atom stereocenters. The highest BCUT2D eigenvalue weighted by atomic mass is 16.5. The van der Waals surface area contributed by atoms with E-state index < -0.39 is 0 Å². The molecule has 0 aromatic heterocycles. The molecule has 0 aliphatic carbocycles. The third kappa shape index (κ3) is 5.48. The first kappa shape index (κ1) is 20.7. The second-order valence-electron chi connectivity index (χ2n) is 6.33. The van der Waals surface area contributed by atoms with Crippen molar-refractivity contribution in [2.45, 2.75) is 0 Å². The average Bonchev–Trinajstić information content (AvgIpc) is 2.79. The smallest absolute Gasteiger partial charge is 0.255 e. The van der Waals surface area contributed by atoms with E-state index in [4.69, 9.17) is 9.47 Å². The van der Waals surface area contributed by atoms with E-state index in [1.54, 1.807) is 68.8 Å². The maximum Gasteiger partial charge on any atom is 0.255 e. The van der Waals surface area contributed by atoms with Crippen LogP contribution in [0.15, 0.2) is 78.9 Å². The Labute approximate surface area is 175 Å². The van der Waals surface area contributed by atoms with E-state index in [2.05, 4.69) is 10.6 Å². The first-order valence-electron chi connectivity index (χ1n) is 9.26. The molecule has 0 heterocycles. The monoisotopic (exact) mass is 402 g/mol. The number of methoxy groups -OCH3 is 2. The second-order valence-corrected chi connectivity index (χ2v) is 6.33. The highest BCUT2D eigenvalue weighted by molar-refractivity contribution is 6.05. The fraction of sp³-hybridized carbons (Fsp3) is 0.0833. The summed E-state index contributed by atoms with van der Waals surface area (Å²) < 4.78 is 10.5. The zero-order chi connectivity index (χ0) is 21.3. The number of benzene rings is 3. The van der Waals surface area contributed by atoms with Gasteiger partial charge < -0.3 is 20.1 Å². The largest absolute Gasteiger partial charge is 0.493 e. The number of amides is 2. The Morgan fingerprint density at radius 3 is 2.03 bits per heavy atom. The molecule has 3 aromatic carbocycles. The molecule has 6 heteroatoms. The zero-order valence-electron chi connectivity index (χ0n) is 16.7. The van der Waals surface area contributed by atoms with Crippen LogP contribution in [0, 0.1) is 0 Å². The van der Waals surface area contributed by atoms with E-state index in [0.29, 0.717) is 28.4 Å². The van der Waals surface area contributed by atoms with Crippen LogP contribution >= 0.6 is 0 Å². The Bertz CT molecular complexity index is 1040. The van der Waals surface area contributed by atoms with E-state index in [0.717, 1.165) is 5.56 Å². The van der Waals surface area contributed by atoms with Gasteiger partial charge in [0.1, 0.15) is 0 Å². The predicted octanol–water partition coefficient (Wildman–Crippen LogP) is 4.61. The molecule has 3 aromatic rings. The zero-order valence-corrected chi connectivity index (χ0v) is 16.7. The average molecular weight is 402 g/mol. The Hall–Kier alpha value is -4.06. The third-order valence-corrected chi connectivity index (χ3v) is 4.28. The summed E-state index contributed by atoms with van der Waals surface area (Å²) in [5.74, 6) is 0.753. The molecule has 152 valence electrons. The van der Waals surface area contributed by atoms with Crippen LogP contribution in [0.1, 0.15) is 15.9 Å². The van der Waals surface area contributed by atoms with Gasteiger partial charge in [0.25, 0.3) is 5.91 Å². The van der Waals surface area contributed by atoms with Crippen LogP contribution in [0.2, 0.25) is 0 Å². The number of hydrogen-bond donors (Lipinski definition) is 2. The van der Waals surface area contributed by atoms with Crippen LogP contribution in [0.3, 0.4) is 0 Å². The van der Waals surface area contributed by atoms with Crippen LogP contribution in [0.4, 0.5) is 11.4 Å². The SMILES string of the molecule is COc1ccc(/C=C/C(=O)Nc2ccc(NC(=O)c3ccccc3)cc2)cc1OC. The van der Waals surface area contributed by atoms with Crippen molar-refractivity contribution >= 4 is 29.3 Å². The minimum atomic E-state index is -0.272. The summed E-state index contributed by atoms with van der Waals surface area (Å²) in [4.78, 5) is 24.4. The fourth-order valence-corrected chi connectivity index (χ4v) is 2.74. The summed E-state index contributed by atoms with van der Waals surface area (Å²) in [5.41, 5.74) is 2.65.